The number of nitrogens with zero attached hydrogens (tertiary/aromatic N) is 1. The van der Waals surface area contributed by atoms with Crippen molar-refractivity contribution in [3.8, 4) is 0 Å². The van der Waals surface area contributed by atoms with Crippen LogP contribution in [0.5, 0.6) is 0 Å². The van der Waals surface area contributed by atoms with Crippen LogP contribution in [0.25, 0.3) is 0 Å². The first kappa shape index (κ1) is 13.9. The summed E-state index contributed by atoms with van der Waals surface area (Å²) >= 11 is 0. The van der Waals surface area contributed by atoms with Gasteiger partial charge in [0.15, 0.2) is 0 Å². The third-order valence-corrected chi connectivity index (χ3v) is 2.32. The Labute approximate surface area is 88.8 Å². The molecule has 0 aromatic rings. The Morgan fingerprint density at radius 2 is 1.93 bits per heavy atom. The quantitative estimate of drug-likeness (QED) is 0.599. The zero-order valence-electron chi connectivity index (χ0n) is 10.4. The summed E-state index contributed by atoms with van der Waals surface area (Å²) in [6, 6.07) is 0. The molecule has 1 N–H and O–H groups in total. The molecule has 14 heavy (non-hydrogen) atoms. The van der Waals surface area contributed by atoms with Gasteiger partial charge in [0.1, 0.15) is 0 Å². The highest BCUT2D eigenvalue weighted by molar-refractivity contribution is 4.71. The molecule has 0 aliphatic rings. The minimum Gasteiger partial charge on any atom is -0.385 e. The molecule has 0 fully saturated rings. The summed E-state index contributed by atoms with van der Waals surface area (Å²) < 4.78 is 5.09. The number of ether oxygens (including phenoxy) is 1. The van der Waals surface area contributed by atoms with Crippen molar-refractivity contribution in [2.45, 2.75) is 20.3 Å². The molecule has 3 nitrogen and oxygen atoms in total. The highest BCUT2D eigenvalue weighted by atomic mass is 16.5. The standard InChI is InChI=1S/C11H26N2O/c1-11(2,6-9-14-5)10-12-7-8-13(3)4/h12H,6-10H2,1-5H3. The number of rotatable bonds is 8. The lowest BCUT2D eigenvalue weighted by atomic mass is 9.90. The number of nitrogens with one attached hydrogen (secondary N) is 1. The van der Waals surface area contributed by atoms with Gasteiger partial charge in [-0.15, -0.1) is 0 Å². The van der Waals surface area contributed by atoms with Crippen molar-refractivity contribution in [3.63, 3.8) is 0 Å². The van der Waals surface area contributed by atoms with Crippen molar-refractivity contribution in [2.75, 3.05) is 47.4 Å². The molecule has 0 saturated heterocycles. The molecule has 0 atom stereocenters. The van der Waals surface area contributed by atoms with Gasteiger partial charge in [-0.05, 0) is 25.9 Å². The minimum atomic E-state index is 0.336. The summed E-state index contributed by atoms with van der Waals surface area (Å²) in [5, 5.41) is 3.47. The Bertz CT molecular complexity index is 135. The van der Waals surface area contributed by atoms with Crippen LogP contribution in [-0.4, -0.2) is 52.3 Å². The van der Waals surface area contributed by atoms with Crippen molar-refractivity contribution >= 4 is 0 Å². The summed E-state index contributed by atoms with van der Waals surface area (Å²) in [7, 11) is 5.95. The van der Waals surface area contributed by atoms with Crippen molar-refractivity contribution in [1.29, 1.82) is 0 Å². The van der Waals surface area contributed by atoms with Crippen molar-refractivity contribution in [2.24, 2.45) is 5.41 Å². The van der Waals surface area contributed by atoms with Crippen LogP contribution in [0.4, 0.5) is 0 Å². The zero-order valence-corrected chi connectivity index (χ0v) is 10.4. The van der Waals surface area contributed by atoms with Gasteiger partial charge < -0.3 is 15.0 Å². The van der Waals surface area contributed by atoms with Crippen molar-refractivity contribution < 1.29 is 4.74 Å². The second-order valence-electron chi connectivity index (χ2n) is 4.89. The Morgan fingerprint density at radius 1 is 1.29 bits per heavy atom. The van der Waals surface area contributed by atoms with Gasteiger partial charge in [-0.3, -0.25) is 0 Å². The molecule has 0 spiro atoms. The predicted octanol–water partition coefficient (Wildman–Crippen LogP) is 1.20. The minimum absolute atomic E-state index is 0.336. The number of likely N-dealkylation sites (N-methyl/N-ethyl adjacent to an activating group) is 1. The first-order valence-electron chi connectivity index (χ1n) is 5.32. The fraction of sp³-hybridized carbons (Fsp3) is 1.00. The van der Waals surface area contributed by atoms with Crippen LogP contribution >= 0.6 is 0 Å². The molecule has 0 amide bonds. The van der Waals surface area contributed by atoms with E-state index in [-0.39, 0.29) is 0 Å². The van der Waals surface area contributed by atoms with Gasteiger partial charge in [0.25, 0.3) is 0 Å². The summed E-state index contributed by atoms with van der Waals surface area (Å²) in [6.45, 7) is 8.61. The molecule has 0 aromatic heterocycles. The lowest BCUT2D eigenvalue weighted by molar-refractivity contribution is 0.150. The van der Waals surface area contributed by atoms with Gasteiger partial charge in [0.2, 0.25) is 0 Å². The Balaban J connectivity index is 3.44. The first-order valence-corrected chi connectivity index (χ1v) is 5.32. The van der Waals surface area contributed by atoms with Gasteiger partial charge in [0, 0.05) is 33.4 Å². The van der Waals surface area contributed by atoms with Crippen LogP contribution in [0.3, 0.4) is 0 Å². The van der Waals surface area contributed by atoms with Crippen molar-refractivity contribution in [3.05, 3.63) is 0 Å². The SMILES string of the molecule is COCCC(C)(C)CNCCN(C)C. The van der Waals surface area contributed by atoms with E-state index in [1.54, 1.807) is 7.11 Å². The smallest absolute Gasteiger partial charge is 0.0467 e. The third kappa shape index (κ3) is 8.48. The van der Waals surface area contributed by atoms with Crippen molar-refractivity contribution in [1.82, 2.24) is 10.2 Å². The van der Waals surface area contributed by atoms with Crippen LogP contribution in [0.2, 0.25) is 0 Å². The predicted molar refractivity (Wildman–Crippen MR) is 61.7 cm³/mol. The maximum atomic E-state index is 5.09. The van der Waals surface area contributed by atoms with Crippen LogP contribution in [-0.2, 0) is 4.74 Å². The van der Waals surface area contributed by atoms with Gasteiger partial charge in [-0.1, -0.05) is 13.8 Å². The number of methoxy groups -OCH3 is 1. The fourth-order valence-corrected chi connectivity index (χ4v) is 1.20. The molecule has 0 radical (unpaired) electrons. The Hall–Kier alpha value is -0.120. The molecule has 0 aromatic carbocycles. The summed E-state index contributed by atoms with van der Waals surface area (Å²) in [4.78, 5) is 2.19. The number of hydrogen-bond donors (Lipinski definition) is 1. The van der Waals surface area contributed by atoms with E-state index in [2.05, 4.69) is 38.2 Å². The van der Waals surface area contributed by atoms with Crippen LogP contribution in [0.1, 0.15) is 20.3 Å². The van der Waals surface area contributed by atoms with Crippen LogP contribution in [0.15, 0.2) is 0 Å². The van der Waals surface area contributed by atoms with E-state index >= 15 is 0 Å². The second-order valence-corrected chi connectivity index (χ2v) is 4.89. The highest BCUT2D eigenvalue weighted by Crippen LogP contribution is 2.18. The fourth-order valence-electron chi connectivity index (χ4n) is 1.20. The lowest BCUT2D eigenvalue weighted by Gasteiger charge is -2.25. The molecule has 0 saturated carbocycles. The molecule has 3 heteroatoms. The molecule has 0 heterocycles. The summed E-state index contributed by atoms with van der Waals surface area (Å²) in [5.74, 6) is 0. The Morgan fingerprint density at radius 3 is 2.43 bits per heavy atom. The van der Waals surface area contributed by atoms with E-state index in [1.165, 1.54) is 0 Å². The topological polar surface area (TPSA) is 24.5 Å². The molecular formula is C11H26N2O. The lowest BCUT2D eigenvalue weighted by Crippen LogP contribution is -2.34. The maximum absolute atomic E-state index is 5.09. The van der Waals surface area contributed by atoms with E-state index in [4.69, 9.17) is 4.74 Å². The summed E-state index contributed by atoms with van der Waals surface area (Å²) in [6.07, 6.45) is 1.11. The maximum Gasteiger partial charge on any atom is 0.0467 e. The highest BCUT2D eigenvalue weighted by Gasteiger charge is 2.16. The average molecular weight is 202 g/mol. The molecule has 0 rings (SSSR count). The van der Waals surface area contributed by atoms with E-state index < -0.39 is 0 Å². The number of hydrogen-bond acceptors (Lipinski definition) is 3. The van der Waals surface area contributed by atoms with Gasteiger partial charge in [-0.2, -0.15) is 0 Å². The van der Waals surface area contributed by atoms with Crippen LogP contribution < -0.4 is 5.32 Å². The van der Waals surface area contributed by atoms with E-state index in [9.17, 15) is 0 Å². The Kier molecular flexibility index (Phi) is 7.15. The average Bonchev–Trinajstić information content (AvgIpc) is 2.09. The van der Waals surface area contributed by atoms with Gasteiger partial charge in [0.05, 0.1) is 0 Å². The molecule has 0 aliphatic carbocycles. The zero-order chi connectivity index (χ0) is 11.0. The van der Waals surface area contributed by atoms with Crippen LogP contribution in [0, 0.1) is 5.41 Å². The molecular weight excluding hydrogens is 176 g/mol. The first-order chi connectivity index (χ1) is 6.48. The second kappa shape index (κ2) is 7.21. The van der Waals surface area contributed by atoms with Gasteiger partial charge in [-0.25, -0.2) is 0 Å². The van der Waals surface area contributed by atoms with E-state index in [1.807, 2.05) is 0 Å². The molecule has 86 valence electrons. The molecule has 0 bridgehead atoms. The van der Waals surface area contributed by atoms with E-state index in [0.29, 0.717) is 5.41 Å². The normalized spacial score (nSPS) is 12.4. The third-order valence-electron chi connectivity index (χ3n) is 2.32. The largest absolute Gasteiger partial charge is 0.385 e. The van der Waals surface area contributed by atoms with Gasteiger partial charge >= 0.3 is 0 Å². The molecule has 0 unspecified atom stereocenters. The van der Waals surface area contributed by atoms with E-state index in [0.717, 1.165) is 32.7 Å². The molecule has 0 aliphatic heterocycles. The monoisotopic (exact) mass is 202 g/mol. The summed E-state index contributed by atoms with van der Waals surface area (Å²) in [5.41, 5.74) is 0.336.